The number of carboxylic acid groups (broad SMARTS) is 1. The summed E-state index contributed by atoms with van der Waals surface area (Å²) in [4.78, 5) is 15.3. The Hall–Kier alpha value is -1.39. The summed E-state index contributed by atoms with van der Waals surface area (Å²) < 4.78 is 5.29. The summed E-state index contributed by atoms with van der Waals surface area (Å²) in [6.45, 7) is 2.14. The highest BCUT2D eigenvalue weighted by molar-refractivity contribution is 5.70. The van der Waals surface area contributed by atoms with Gasteiger partial charge in [-0.1, -0.05) is 12.1 Å². The molecule has 1 aromatic rings. The first kappa shape index (κ1) is 10.7. The molecule has 1 heterocycles. The minimum atomic E-state index is -0.707. The van der Waals surface area contributed by atoms with Crippen LogP contribution in [0.3, 0.4) is 0 Å². The van der Waals surface area contributed by atoms with E-state index in [1.54, 1.807) is 0 Å². The van der Waals surface area contributed by atoms with Crippen LogP contribution < -0.4 is 0 Å². The first-order valence-corrected chi connectivity index (χ1v) is 6.15. The molecule has 2 saturated carbocycles. The first-order valence-electron chi connectivity index (χ1n) is 6.15. The van der Waals surface area contributed by atoms with Gasteiger partial charge >= 0.3 is 5.97 Å². The lowest BCUT2D eigenvalue weighted by molar-refractivity contribution is -0.141. The highest BCUT2D eigenvalue weighted by Gasteiger charge is 2.44. The third-order valence-electron chi connectivity index (χ3n) is 4.11. The van der Waals surface area contributed by atoms with Crippen LogP contribution in [-0.4, -0.2) is 21.2 Å². The largest absolute Gasteiger partial charge is 0.481 e. The van der Waals surface area contributed by atoms with E-state index in [0.717, 1.165) is 31.5 Å². The maximum absolute atomic E-state index is 10.9. The molecule has 1 N–H and O–H groups in total. The molecule has 3 rings (SSSR count). The predicted molar refractivity (Wildman–Crippen MR) is 58.6 cm³/mol. The molecule has 0 bridgehead atoms. The molecule has 5 heteroatoms. The maximum atomic E-state index is 10.9. The zero-order valence-electron chi connectivity index (χ0n) is 9.85. The zero-order chi connectivity index (χ0) is 12.0. The normalized spacial score (nSPS) is 30.4. The summed E-state index contributed by atoms with van der Waals surface area (Å²) in [5.41, 5.74) is 0.118. The number of hydrogen-bond donors (Lipinski definition) is 1. The van der Waals surface area contributed by atoms with E-state index in [2.05, 4.69) is 17.1 Å². The Labute approximate surface area is 99.2 Å². The second-order valence-electron chi connectivity index (χ2n) is 5.56. The monoisotopic (exact) mass is 236 g/mol. The standard InChI is InChI=1S/C12H16N2O3/c1-12(4-5-12)11-13-9(17-14-11)7-2-3-8(6-7)10(15)16/h7-8H,2-6H2,1H3,(H,15,16). The third-order valence-corrected chi connectivity index (χ3v) is 4.11. The van der Waals surface area contributed by atoms with Crippen molar-refractivity contribution in [3.05, 3.63) is 11.7 Å². The summed E-state index contributed by atoms with van der Waals surface area (Å²) in [6.07, 6.45) is 4.43. The molecule has 5 nitrogen and oxygen atoms in total. The third kappa shape index (κ3) is 1.83. The molecule has 92 valence electrons. The van der Waals surface area contributed by atoms with Gasteiger partial charge < -0.3 is 9.63 Å². The number of hydrogen-bond acceptors (Lipinski definition) is 4. The smallest absolute Gasteiger partial charge is 0.306 e. The van der Waals surface area contributed by atoms with Crippen molar-refractivity contribution >= 4 is 5.97 Å². The van der Waals surface area contributed by atoms with Crippen LogP contribution in [0.15, 0.2) is 4.52 Å². The van der Waals surface area contributed by atoms with Crippen LogP contribution in [-0.2, 0) is 10.2 Å². The van der Waals surface area contributed by atoms with Gasteiger partial charge in [0.15, 0.2) is 5.82 Å². The molecule has 2 unspecified atom stereocenters. The van der Waals surface area contributed by atoms with Gasteiger partial charge in [-0.25, -0.2) is 0 Å². The number of aromatic nitrogens is 2. The van der Waals surface area contributed by atoms with Crippen LogP contribution in [0.5, 0.6) is 0 Å². The van der Waals surface area contributed by atoms with Gasteiger partial charge in [-0.05, 0) is 32.1 Å². The molecule has 1 aromatic heterocycles. The van der Waals surface area contributed by atoms with E-state index < -0.39 is 5.97 Å². The second-order valence-corrected chi connectivity index (χ2v) is 5.56. The number of nitrogens with zero attached hydrogens (tertiary/aromatic N) is 2. The summed E-state index contributed by atoms with van der Waals surface area (Å²) in [7, 11) is 0. The predicted octanol–water partition coefficient (Wildman–Crippen LogP) is 2.09. The molecule has 2 aliphatic carbocycles. The van der Waals surface area contributed by atoms with Crippen molar-refractivity contribution in [2.75, 3.05) is 0 Å². The highest BCUT2D eigenvalue weighted by Crippen LogP contribution is 2.47. The molecular weight excluding hydrogens is 220 g/mol. The topological polar surface area (TPSA) is 76.2 Å². The van der Waals surface area contributed by atoms with Crippen LogP contribution in [0.2, 0.25) is 0 Å². The fourth-order valence-electron chi connectivity index (χ4n) is 2.49. The van der Waals surface area contributed by atoms with E-state index >= 15 is 0 Å². The fourth-order valence-corrected chi connectivity index (χ4v) is 2.49. The van der Waals surface area contributed by atoms with Crippen molar-refractivity contribution in [2.45, 2.75) is 50.4 Å². The fraction of sp³-hybridized carbons (Fsp3) is 0.750. The van der Waals surface area contributed by atoms with Crippen molar-refractivity contribution < 1.29 is 14.4 Å². The van der Waals surface area contributed by atoms with Gasteiger partial charge in [0.1, 0.15) is 0 Å². The lowest BCUT2D eigenvalue weighted by Gasteiger charge is -2.03. The Morgan fingerprint density at radius 3 is 2.82 bits per heavy atom. The SMILES string of the molecule is CC1(c2noc(C3CCC(C(=O)O)C3)n2)CC1. The molecule has 0 amide bonds. The summed E-state index contributed by atoms with van der Waals surface area (Å²) in [6, 6.07) is 0. The van der Waals surface area contributed by atoms with E-state index in [9.17, 15) is 4.79 Å². The lowest BCUT2D eigenvalue weighted by atomic mass is 10.1. The number of carbonyl (C=O) groups is 1. The molecule has 2 fully saturated rings. The van der Waals surface area contributed by atoms with Crippen LogP contribution in [0, 0.1) is 5.92 Å². The Kier molecular flexibility index (Phi) is 2.24. The Balaban J connectivity index is 1.73. The summed E-state index contributed by atoms with van der Waals surface area (Å²) >= 11 is 0. The van der Waals surface area contributed by atoms with Crippen LogP contribution >= 0.6 is 0 Å². The minimum absolute atomic E-state index is 0.118. The van der Waals surface area contributed by atoms with Gasteiger partial charge in [-0.3, -0.25) is 4.79 Å². The van der Waals surface area contributed by atoms with Gasteiger partial charge in [0.2, 0.25) is 5.89 Å². The maximum Gasteiger partial charge on any atom is 0.306 e. The van der Waals surface area contributed by atoms with Crippen molar-refractivity contribution in [1.29, 1.82) is 0 Å². The first-order chi connectivity index (χ1) is 8.08. The quantitative estimate of drug-likeness (QED) is 0.869. The van der Waals surface area contributed by atoms with Crippen LogP contribution in [0.1, 0.15) is 56.7 Å². The Morgan fingerprint density at radius 2 is 2.24 bits per heavy atom. The van der Waals surface area contributed by atoms with E-state index in [-0.39, 0.29) is 17.3 Å². The number of rotatable bonds is 3. The van der Waals surface area contributed by atoms with E-state index in [1.165, 1.54) is 0 Å². The van der Waals surface area contributed by atoms with E-state index in [4.69, 9.17) is 9.63 Å². The molecule has 0 aromatic carbocycles. The van der Waals surface area contributed by atoms with Gasteiger partial charge in [0.25, 0.3) is 0 Å². The average Bonchev–Trinajstić information content (AvgIpc) is 2.78. The molecular formula is C12H16N2O3. The molecule has 0 radical (unpaired) electrons. The number of aliphatic carboxylic acids is 1. The summed E-state index contributed by atoms with van der Waals surface area (Å²) in [5, 5.41) is 13.0. The van der Waals surface area contributed by atoms with Crippen LogP contribution in [0.4, 0.5) is 0 Å². The highest BCUT2D eigenvalue weighted by atomic mass is 16.5. The van der Waals surface area contributed by atoms with Gasteiger partial charge in [0.05, 0.1) is 5.92 Å². The van der Waals surface area contributed by atoms with Crippen molar-refractivity contribution in [1.82, 2.24) is 10.1 Å². The molecule has 0 aliphatic heterocycles. The Bertz CT molecular complexity index is 450. The molecule has 17 heavy (non-hydrogen) atoms. The Morgan fingerprint density at radius 1 is 1.47 bits per heavy atom. The minimum Gasteiger partial charge on any atom is -0.481 e. The molecule has 0 saturated heterocycles. The van der Waals surface area contributed by atoms with Crippen LogP contribution in [0.25, 0.3) is 0 Å². The van der Waals surface area contributed by atoms with E-state index in [0.29, 0.717) is 12.3 Å². The van der Waals surface area contributed by atoms with Gasteiger partial charge in [-0.15, -0.1) is 0 Å². The molecule has 2 aliphatic rings. The lowest BCUT2D eigenvalue weighted by Crippen LogP contribution is -2.09. The second kappa shape index (κ2) is 3.55. The van der Waals surface area contributed by atoms with Crippen molar-refractivity contribution in [3.63, 3.8) is 0 Å². The molecule has 0 spiro atoms. The van der Waals surface area contributed by atoms with Crippen molar-refractivity contribution in [2.24, 2.45) is 5.92 Å². The zero-order valence-corrected chi connectivity index (χ0v) is 9.85. The van der Waals surface area contributed by atoms with Crippen molar-refractivity contribution in [3.8, 4) is 0 Å². The van der Waals surface area contributed by atoms with Gasteiger partial charge in [-0.2, -0.15) is 4.98 Å². The van der Waals surface area contributed by atoms with Gasteiger partial charge in [0, 0.05) is 11.3 Å². The number of carboxylic acids is 1. The summed E-state index contributed by atoms with van der Waals surface area (Å²) in [5.74, 6) is 0.621. The van der Waals surface area contributed by atoms with E-state index in [1.807, 2.05) is 0 Å². The average molecular weight is 236 g/mol. The molecule has 2 atom stereocenters.